The molecule has 0 aliphatic heterocycles. The molecule has 0 fully saturated rings. The summed E-state index contributed by atoms with van der Waals surface area (Å²) < 4.78 is 11.0. The Bertz CT molecular complexity index is 780. The van der Waals surface area contributed by atoms with E-state index in [-0.39, 0.29) is 12.5 Å². The highest BCUT2D eigenvalue weighted by molar-refractivity contribution is 5.94. The largest absolute Gasteiger partial charge is 0.467 e. The van der Waals surface area contributed by atoms with Crippen molar-refractivity contribution in [3.05, 3.63) is 89.9 Å². The number of nitrogens with zero attached hydrogens (tertiary/aromatic N) is 1. The van der Waals surface area contributed by atoms with Gasteiger partial charge in [0, 0.05) is 5.69 Å². The molecule has 2 aromatic carbocycles. The van der Waals surface area contributed by atoms with Crippen molar-refractivity contribution in [1.82, 2.24) is 0 Å². The van der Waals surface area contributed by atoms with Gasteiger partial charge in [0.2, 0.25) is 0 Å². The standard InChI is InChI=1S/C21H21NO3/c1-17-9-11-19(12-10-17)22(14-20-8-5-13-25-20)21(23)16-24-15-18-6-3-2-4-7-18/h2-13H,14-16H2,1H3. The molecule has 0 unspecified atom stereocenters. The molecule has 4 heteroatoms. The van der Waals surface area contributed by atoms with Crippen molar-refractivity contribution < 1.29 is 13.9 Å². The number of anilines is 1. The first-order chi connectivity index (χ1) is 12.2. The fourth-order valence-electron chi connectivity index (χ4n) is 2.51. The van der Waals surface area contributed by atoms with Crippen LogP contribution in [-0.2, 0) is 22.7 Å². The summed E-state index contributed by atoms with van der Waals surface area (Å²) >= 11 is 0. The molecule has 1 amide bonds. The molecule has 3 aromatic rings. The predicted octanol–water partition coefficient (Wildman–Crippen LogP) is 4.34. The lowest BCUT2D eigenvalue weighted by atomic mass is 10.2. The van der Waals surface area contributed by atoms with E-state index in [2.05, 4.69) is 0 Å². The van der Waals surface area contributed by atoms with Crippen molar-refractivity contribution in [2.45, 2.75) is 20.1 Å². The monoisotopic (exact) mass is 335 g/mol. The topological polar surface area (TPSA) is 42.7 Å². The van der Waals surface area contributed by atoms with E-state index in [0.29, 0.717) is 13.2 Å². The van der Waals surface area contributed by atoms with Crippen molar-refractivity contribution in [2.24, 2.45) is 0 Å². The lowest BCUT2D eigenvalue weighted by Crippen LogP contribution is -2.33. The summed E-state index contributed by atoms with van der Waals surface area (Å²) in [5.41, 5.74) is 3.02. The Morgan fingerprint density at radius 3 is 2.44 bits per heavy atom. The third-order valence-corrected chi connectivity index (χ3v) is 3.88. The van der Waals surface area contributed by atoms with E-state index >= 15 is 0 Å². The van der Waals surface area contributed by atoms with Gasteiger partial charge in [-0.05, 0) is 36.8 Å². The SMILES string of the molecule is Cc1ccc(N(Cc2ccco2)C(=O)COCc2ccccc2)cc1. The molecular weight excluding hydrogens is 314 g/mol. The van der Waals surface area contributed by atoms with E-state index in [9.17, 15) is 4.79 Å². The molecule has 0 N–H and O–H groups in total. The maximum Gasteiger partial charge on any atom is 0.253 e. The second kappa shape index (κ2) is 8.31. The minimum Gasteiger partial charge on any atom is -0.467 e. The average Bonchev–Trinajstić information content (AvgIpc) is 3.15. The third kappa shape index (κ3) is 4.81. The van der Waals surface area contributed by atoms with E-state index in [4.69, 9.17) is 9.15 Å². The van der Waals surface area contributed by atoms with E-state index < -0.39 is 0 Å². The highest BCUT2D eigenvalue weighted by Gasteiger charge is 2.17. The van der Waals surface area contributed by atoms with Crippen molar-refractivity contribution in [3.8, 4) is 0 Å². The van der Waals surface area contributed by atoms with Crippen LogP contribution in [0.2, 0.25) is 0 Å². The molecule has 1 heterocycles. The lowest BCUT2D eigenvalue weighted by molar-refractivity contribution is -0.123. The smallest absolute Gasteiger partial charge is 0.253 e. The molecule has 0 atom stereocenters. The number of ether oxygens (including phenoxy) is 1. The second-order valence-corrected chi connectivity index (χ2v) is 5.87. The maximum absolute atomic E-state index is 12.7. The van der Waals surface area contributed by atoms with E-state index in [1.54, 1.807) is 11.2 Å². The fraction of sp³-hybridized carbons (Fsp3) is 0.190. The molecule has 128 valence electrons. The molecule has 0 saturated heterocycles. The van der Waals surface area contributed by atoms with Gasteiger partial charge in [0.15, 0.2) is 0 Å². The quantitative estimate of drug-likeness (QED) is 0.645. The van der Waals surface area contributed by atoms with Gasteiger partial charge in [-0.2, -0.15) is 0 Å². The molecule has 1 aromatic heterocycles. The summed E-state index contributed by atoms with van der Waals surface area (Å²) in [6.45, 7) is 2.83. The highest BCUT2D eigenvalue weighted by atomic mass is 16.5. The van der Waals surface area contributed by atoms with Crippen LogP contribution in [0.3, 0.4) is 0 Å². The first-order valence-electron chi connectivity index (χ1n) is 8.23. The van der Waals surface area contributed by atoms with Gasteiger partial charge in [0.25, 0.3) is 5.91 Å². The number of furan rings is 1. The van der Waals surface area contributed by atoms with Crippen LogP contribution < -0.4 is 4.90 Å². The van der Waals surface area contributed by atoms with Gasteiger partial charge >= 0.3 is 0 Å². The molecule has 25 heavy (non-hydrogen) atoms. The van der Waals surface area contributed by atoms with Crippen molar-refractivity contribution in [3.63, 3.8) is 0 Å². The molecule has 4 nitrogen and oxygen atoms in total. The molecule has 0 spiro atoms. The number of hydrogen-bond acceptors (Lipinski definition) is 3. The van der Waals surface area contributed by atoms with Crippen LogP contribution in [0, 0.1) is 6.92 Å². The molecule has 0 saturated carbocycles. The van der Waals surface area contributed by atoms with Gasteiger partial charge in [0.05, 0.1) is 19.4 Å². The number of hydrogen-bond donors (Lipinski definition) is 0. The normalized spacial score (nSPS) is 10.6. The van der Waals surface area contributed by atoms with Crippen molar-refractivity contribution in [2.75, 3.05) is 11.5 Å². The van der Waals surface area contributed by atoms with E-state index in [0.717, 1.165) is 22.6 Å². The molecule has 3 rings (SSSR count). The first kappa shape index (κ1) is 17.0. The van der Waals surface area contributed by atoms with Crippen LogP contribution in [0.25, 0.3) is 0 Å². The minimum atomic E-state index is -0.101. The Morgan fingerprint density at radius 2 is 1.76 bits per heavy atom. The Morgan fingerprint density at radius 1 is 1.00 bits per heavy atom. The van der Waals surface area contributed by atoms with Crippen molar-refractivity contribution in [1.29, 1.82) is 0 Å². The third-order valence-electron chi connectivity index (χ3n) is 3.88. The predicted molar refractivity (Wildman–Crippen MR) is 97.2 cm³/mol. The van der Waals surface area contributed by atoms with Gasteiger partial charge in [-0.3, -0.25) is 4.79 Å². The summed E-state index contributed by atoms with van der Waals surface area (Å²) in [6, 6.07) is 21.4. The zero-order valence-electron chi connectivity index (χ0n) is 14.2. The van der Waals surface area contributed by atoms with Gasteiger partial charge in [-0.1, -0.05) is 48.0 Å². The van der Waals surface area contributed by atoms with E-state index in [1.165, 1.54) is 0 Å². The molecule has 0 aliphatic rings. The molecule has 0 radical (unpaired) electrons. The van der Waals surface area contributed by atoms with Crippen LogP contribution in [0.4, 0.5) is 5.69 Å². The average molecular weight is 335 g/mol. The second-order valence-electron chi connectivity index (χ2n) is 5.87. The van der Waals surface area contributed by atoms with Crippen LogP contribution in [-0.4, -0.2) is 12.5 Å². The maximum atomic E-state index is 12.7. The van der Waals surface area contributed by atoms with Gasteiger partial charge < -0.3 is 14.1 Å². The molecule has 0 aliphatic carbocycles. The van der Waals surface area contributed by atoms with Crippen LogP contribution in [0.5, 0.6) is 0 Å². The summed E-state index contributed by atoms with van der Waals surface area (Å²) in [4.78, 5) is 14.4. The Balaban J connectivity index is 1.67. The Hall–Kier alpha value is -2.85. The zero-order chi connectivity index (χ0) is 17.5. The van der Waals surface area contributed by atoms with Gasteiger partial charge in [-0.15, -0.1) is 0 Å². The van der Waals surface area contributed by atoms with E-state index in [1.807, 2.05) is 73.7 Å². The summed E-state index contributed by atoms with van der Waals surface area (Å²) in [5, 5.41) is 0. The summed E-state index contributed by atoms with van der Waals surface area (Å²) in [7, 11) is 0. The molecule has 0 bridgehead atoms. The zero-order valence-corrected chi connectivity index (χ0v) is 14.2. The Labute approximate surface area is 147 Å². The van der Waals surface area contributed by atoms with Crippen molar-refractivity contribution >= 4 is 11.6 Å². The van der Waals surface area contributed by atoms with Gasteiger partial charge in [-0.25, -0.2) is 0 Å². The summed E-state index contributed by atoms with van der Waals surface area (Å²) in [6.07, 6.45) is 1.61. The number of rotatable bonds is 7. The minimum absolute atomic E-state index is 0.0173. The Kier molecular flexibility index (Phi) is 5.65. The number of benzene rings is 2. The fourth-order valence-corrected chi connectivity index (χ4v) is 2.51. The number of carbonyl (C=O) groups is 1. The number of amides is 1. The van der Waals surface area contributed by atoms with Crippen LogP contribution in [0.1, 0.15) is 16.9 Å². The lowest BCUT2D eigenvalue weighted by Gasteiger charge is -2.22. The number of aryl methyl sites for hydroxylation is 1. The van der Waals surface area contributed by atoms with Crippen LogP contribution >= 0.6 is 0 Å². The summed E-state index contributed by atoms with van der Waals surface area (Å²) in [5.74, 6) is 0.633. The highest BCUT2D eigenvalue weighted by Crippen LogP contribution is 2.19. The number of carbonyl (C=O) groups excluding carboxylic acids is 1. The first-order valence-corrected chi connectivity index (χ1v) is 8.23. The van der Waals surface area contributed by atoms with Gasteiger partial charge in [0.1, 0.15) is 12.4 Å². The molecular formula is C21H21NO3. The van der Waals surface area contributed by atoms with Crippen LogP contribution in [0.15, 0.2) is 77.4 Å².